The summed E-state index contributed by atoms with van der Waals surface area (Å²) in [6.45, 7) is 2.40. The number of para-hydroxylation sites is 2. The fraction of sp³-hybridized carbons (Fsp3) is 0.333. The predicted molar refractivity (Wildman–Crippen MR) is 79.3 cm³/mol. The van der Waals surface area contributed by atoms with Gasteiger partial charge < -0.3 is 24.2 Å². The maximum atomic E-state index is 12.3. The Hall–Kier alpha value is -2.70. The molecule has 1 aliphatic rings. The normalized spacial score (nSPS) is 15.0. The first kappa shape index (κ1) is 14.2. The van der Waals surface area contributed by atoms with Crippen LogP contribution in [0.25, 0.3) is 0 Å². The zero-order valence-corrected chi connectivity index (χ0v) is 12.2. The number of hydrogen-bond acceptors (Lipinski definition) is 6. The van der Waals surface area contributed by atoms with Gasteiger partial charge in [-0.2, -0.15) is 0 Å². The Kier molecular flexibility index (Phi) is 3.86. The van der Waals surface area contributed by atoms with Crippen LogP contribution in [0.5, 0.6) is 11.6 Å². The van der Waals surface area contributed by atoms with Crippen molar-refractivity contribution in [2.75, 3.05) is 38.2 Å². The van der Waals surface area contributed by atoms with Gasteiger partial charge in [-0.3, -0.25) is 4.79 Å². The summed E-state index contributed by atoms with van der Waals surface area (Å²) in [6.07, 6.45) is 0. The van der Waals surface area contributed by atoms with E-state index in [-0.39, 0.29) is 23.3 Å². The first-order chi connectivity index (χ1) is 10.7. The van der Waals surface area contributed by atoms with E-state index in [9.17, 15) is 9.90 Å². The van der Waals surface area contributed by atoms with Crippen molar-refractivity contribution in [1.82, 2.24) is 10.1 Å². The number of nitrogens with zero attached hydrogens (tertiary/aromatic N) is 3. The molecule has 7 heteroatoms. The largest absolute Gasteiger partial charge is 0.506 e. The number of aromatic hydroxyl groups is 1. The van der Waals surface area contributed by atoms with E-state index in [4.69, 9.17) is 9.26 Å². The van der Waals surface area contributed by atoms with Crippen LogP contribution >= 0.6 is 0 Å². The average Bonchev–Trinajstić information content (AvgIpc) is 3.04. The second-order valence-corrected chi connectivity index (χ2v) is 5.00. The molecule has 1 aromatic carbocycles. The first-order valence-corrected chi connectivity index (χ1v) is 7.02. The van der Waals surface area contributed by atoms with Crippen LogP contribution in [0.4, 0.5) is 5.69 Å². The van der Waals surface area contributed by atoms with Crippen LogP contribution in [-0.2, 0) is 0 Å². The van der Waals surface area contributed by atoms with Crippen LogP contribution in [0, 0.1) is 0 Å². The van der Waals surface area contributed by atoms with Gasteiger partial charge in [-0.25, -0.2) is 0 Å². The van der Waals surface area contributed by atoms with Crippen LogP contribution in [0.2, 0.25) is 0 Å². The molecule has 2 heterocycles. The van der Waals surface area contributed by atoms with Gasteiger partial charge in [0.15, 0.2) is 0 Å². The lowest BCUT2D eigenvalue weighted by molar-refractivity contribution is 0.0704. The van der Waals surface area contributed by atoms with Gasteiger partial charge in [0.2, 0.25) is 5.76 Å². The van der Waals surface area contributed by atoms with E-state index >= 15 is 0 Å². The smallest absolute Gasteiger partial charge is 0.292 e. The van der Waals surface area contributed by atoms with E-state index in [0.717, 1.165) is 5.69 Å². The predicted octanol–water partition coefficient (Wildman–Crippen LogP) is 1.35. The number of hydrogen-bond donors (Lipinski definition) is 1. The van der Waals surface area contributed by atoms with E-state index in [0.29, 0.717) is 26.2 Å². The van der Waals surface area contributed by atoms with Gasteiger partial charge in [0.1, 0.15) is 5.75 Å². The number of aromatic nitrogens is 1. The Bertz CT molecular complexity index is 662. The van der Waals surface area contributed by atoms with Crippen molar-refractivity contribution in [2.24, 2.45) is 0 Å². The second-order valence-electron chi connectivity index (χ2n) is 5.00. The molecular weight excluding hydrogens is 286 g/mol. The molecule has 0 radical (unpaired) electrons. The summed E-state index contributed by atoms with van der Waals surface area (Å²) in [5.74, 6) is 0.513. The Labute approximate surface area is 127 Å². The number of methoxy groups -OCH3 is 1. The van der Waals surface area contributed by atoms with E-state index in [1.165, 1.54) is 13.2 Å². The van der Waals surface area contributed by atoms with Crippen LogP contribution < -0.4 is 9.64 Å². The minimum Gasteiger partial charge on any atom is -0.506 e. The molecule has 0 spiro atoms. The Morgan fingerprint density at radius 3 is 2.64 bits per heavy atom. The number of rotatable bonds is 3. The van der Waals surface area contributed by atoms with Gasteiger partial charge in [-0.05, 0) is 17.3 Å². The monoisotopic (exact) mass is 303 g/mol. The molecule has 0 aliphatic carbocycles. The van der Waals surface area contributed by atoms with Crippen molar-refractivity contribution < 1.29 is 19.2 Å². The van der Waals surface area contributed by atoms with Crippen LogP contribution in [0.3, 0.4) is 0 Å². The molecule has 0 bridgehead atoms. The molecule has 1 aliphatic heterocycles. The maximum absolute atomic E-state index is 12.3. The van der Waals surface area contributed by atoms with Crippen LogP contribution in [-0.4, -0.2) is 54.4 Å². The molecule has 0 unspecified atom stereocenters. The molecule has 116 valence electrons. The summed E-state index contributed by atoms with van der Waals surface area (Å²) in [6, 6.07) is 8.68. The molecule has 1 N–H and O–H groups in total. The lowest BCUT2D eigenvalue weighted by atomic mass is 10.2. The van der Waals surface area contributed by atoms with Crippen molar-refractivity contribution >= 4 is 11.6 Å². The number of piperazine rings is 1. The van der Waals surface area contributed by atoms with Gasteiger partial charge >= 0.3 is 0 Å². The highest BCUT2D eigenvalue weighted by molar-refractivity contribution is 5.91. The number of phenolic OH excluding ortho intramolecular Hbond substituents is 1. The molecule has 1 aromatic heterocycles. The molecule has 0 atom stereocenters. The minimum atomic E-state index is -0.201. The number of carbonyl (C=O) groups excluding carboxylic acids is 1. The SMILES string of the molecule is COc1cc(C(=O)N2CCN(c3ccccc3O)CC2)on1. The topological polar surface area (TPSA) is 79.0 Å². The van der Waals surface area contributed by atoms with Gasteiger partial charge in [0.25, 0.3) is 11.8 Å². The quantitative estimate of drug-likeness (QED) is 0.922. The molecule has 7 nitrogen and oxygen atoms in total. The van der Waals surface area contributed by atoms with E-state index in [1.807, 2.05) is 12.1 Å². The third kappa shape index (κ3) is 2.69. The number of carbonyl (C=O) groups is 1. The number of benzene rings is 1. The zero-order chi connectivity index (χ0) is 15.5. The molecule has 3 rings (SSSR count). The lowest BCUT2D eigenvalue weighted by Gasteiger charge is -2.35. The molecule has 1 saturated heterocycles. The number of phenols is 1. The van der Waals surface area contributed by atoms with Crippen LogP contribution in [0.15, 0.2) is 34.9 Å². The highest BCUT2D eigenvalue weighted by Crippen LogP contribution is 2.27. The molecule has 2 aromatic rings. The van der Waals surface area contributed by atoms with Crippen molar-refractivity contribution in [3.8, 4) is 11.6 Å². The molecular formula is C15H17N3O4. The second kappa shape index (κ2) is 5.97. The average molecular weight is 303 g/mol. The zero-order valence-electron chi connectivity index (χ0n) is 12.2. The summed E-state index contributed by atoms with van der Waals surface area (Å²) in [4.78, 5) is 16.1. The van der Waals surface area contributed by atoms with Gasteiger partial charge in [0, 0.05) is 26.2 Å². The van der Waals surface area contributed by atoms with Gasteiger partial charge in [-0.15, -0.1) is 0 Å². The van der Waals surface area contributed by atoms with Crippen molar-refractivity contribution in [3.05, 3.63) is 36.1 Å². The van der Waals surface area contributed by atoms with E-state index < -0.39 is 0 Å². The summed E-state index contributed by atoms with van der Waals surface area (Å²) in [5.41, 5.74) is 0.788. The van der Waals surface area contributed by atoms with Crippen LogP contribution in [0.1, 0.15) is 10.6 Å². The maximum Gasteiger partial charge on any atom is 0.292 e. The molecule has 22 heavy (non-hydrogen) atoms. The molecule has 0 saturated carbocycles. The van der Waals surface area contributed by atoms with Crippen molar-refractivity contribution in [2.45, 2.75) is 0 Å². The molecule has 1 fully saturated rings. The Balaban J connectivity index is 1.64. The third-order valence-corrected chi connectivity index (χ3v) is 3.70. The summed E-state index contributed by atoms with van der Waals surface area (Å²) in [7, 11) is 1.47. The Morgan fingerprint density at radius 2 is 2.00 bits per heavy atom. The number of ether oxygens (including phenoxy) is 1. The fourth-order valence-electron chi connectivity index (χ4n) is 2.49. The van der Waals surface area contributed by atoms with E-state index in [2.05, 4.69) is 10.1 Å². The number of anilines is 1. The van der Waals surface area contributed by atoms with E-state index in [1.54, 1.807) is 17.0 Å². The highest BCUT2D eigenvalue weighted by Gasteiger charge is 2.26. The number of amides is 1. The fourth-order valence-corrected chi connectivity index (χ4v) is 2.49. The van der Waals surface area contributed by atoms with Crippen molar-refractivity contribution in [1.29, 1.82) is 0 Å². The minimum absolute atomic E-state index is 0.174. The third-order valence-electron chi connectivity index (χ3n) is 3.70. The lowest BCUT2D eigenvalue weighted by Crippen LogP contribution is -2.48. The van der Waals surface area contributed by atoms with Gasteiger partial charge in [0.05, 0.1) is 18.9 Å². The summed E-state index contributed by atoms with van der Waals surface area (Å²) in [5, 5.41) is 13.5. The van der Waals surface area contributed by atoms with Gasteiger partial charge in [-0.1, -0.05) is 12.1 Å². The Morgan fingerprint density at radius 1 is 1.27 bits per heavy atom. The summed E-state index contributed by atoms with van der Waals surface area (Å²) >= 11 is 0. The molecule has 1 amide bonds. The first-order valence-electron chi connectivity index (χ1n) is 7.02. The summed E-state index contributed by atoms with van der Waals surface area (Å²) < 4.78 is 9.89. The highest BCUT2D eigenvalue weighted by atomic mass is 16.5. The standard InChI is InChI=1S/C15H17N3O4/c1-21-14-10-13(22-16-14)15(20)18-8-6-17(7-9-18)11-4-2-3-5-12(11)19/h2-5,10,19H,6-9H2,1H3. The van der Waals surface area contributed by atoms with Crippen molar-refractivity contribution in [3.63, 3.8) is 0 Å².